The third kappa shape index (κ3) is 5.44. The highest BCUT2D eigenvalue weighted by atomic mass is 16.5. The van der Waals surface area contributed by atoms with Gasteiger partial charge in [-0.1, -0.05) is 12.1 Å². The zero-order valence-electron chi connectivity index (χ0n) is 13.2. The Labute approximate surface area is 129 Å². The maximum atomic E-state index is 11.8. The van der Waals surface area contributed by atoms with E-state index in [1.165, 1.54) is 14.0 Å². The monoisotopic (exact) mass is 313 g/mol. The number of rotatable bonds is 10. The Kier molecular flexibility index (Phi) is 6.97. The number of methoxy groups -OCH3 is 1. The molecule has 22 heavy (non-hydrogen) atoms. The SMILES string of the molecule is CCCc1noc(CCCC(=O)NC(C)(COC)C(=O)O)n1. The van der Waals surface area contributed by atoms with Gasteiger partial charge in [-0.05, 0) is 19.8 Å². The third-order valence-corrected chi connectivity index (χ3v) is 3.10. The molecule has 8 nitrogen and oxygen atoms in total. The fraction of sp³-hybridized carbons (Fsp3) is 0.714. The summed E-state index contributed by atoms with van der Waals surface area (Å²) in [5.41, 5.74) is -1.43. The van der Waals surface area contributed by atoms with E-state index < -0.39 is 11.5 Å². The van der Waals surface area contributed by atoms with E-state index >= 15 is 0 Å². The summed E-state index contributed by atoms with van der Waals surface area (Å²) in [7, 11) is 1.39. The van der Waals surface area contributed by atoms with Crippen LogP contribution in [0, 0.1) is 0 Å². The number of carbonyl (C=O) groups is 2. The lowest BCUT2D eigenvalue weighted by Crippen LogP contribution is -2.55. The number of nitrogens with zero attached hydrogens (tertiary/aromatic N) is 2. The van der Waals surface area contributed by atoms with Crippen molar-refractivity contribution in [2.24, 2.45) is 0 Å². The number of hydrogen-bond donors (Lipinski definition) is 2. The lowest BCUT2D eigenvalue weighted by atomic mass is 10.0. The van der Waals surface area contributed by atoms with Crippen molar-refractivity contribution in [3.63, 3.8) is 0 Å². The summed E-state index contributed by atoms with van der Waals surface area (Å²) in [6, 6.07) is 0. The molecule has 0 spiro atoms. The maximum absolute atomic E-state index is 11.8. The van der Waals surface area contributed by atoms with Crippen molar-refractivity contribution in [3.8, 4) is 0 Å². The van der Waals surface area contributed by atoms with E-state index in [0.29, 0.717) is 24.6 Å². The van der Waals surface area contributed by atoms with Gasteiger partial charge in [-0.15, -0.1) is 0 Å². The Hall–Kier alpha value is -1.96. The normalized spacial score (nSPS) is 13.6. The Morgan fingerprint density at radius 2 is 2.14 bits per heavy atom. The summed E-state index contributed by atoms with van der Waals surface area (Å²) in [6.07, 6.45) is 2.87. The minimum atomic E-state index is -1.43. The number of carboxylic acids is 1. The average molecular weight is 313 g/mol. The molecular weight excluding hydrogens is 290 g/mol. The van der Waals surface area contributed by atoms with Crippen molar-refractivity contribution in [1.29, 1.82) is 0 Å². The van der Waals surface area contributed by atoms with Crippen LogP contribution in [0.4, 0.5) is 0 Å². The molecule has 0 aliphatic rings. The fourth-order valence-corrected chi connectivity index (χ4v) is 1.93. The third-order valence-electron chi connectivity index (χ3n) is 3.10. The lowest BCUT2D eigenvalue weighted by molar-refractivity contribution is -0.149. The first-order chi connectivity index (χ1) is 10.4. The molecule has 0 saturated carbocycles. The Balaban J connectivity index is 2.40. The molecule has 0 saturated heterocycles. The van der Waals surface area contributed by atoms with Gasteiger partial charge in [0.05, 0.1) is 6.61 Å². The van der Waals surface area contributed by atoms with Crippen LogP contribution in [-0.2, 0) is 27.2 Å². The zero-order chi connectivity index (χ0) is 16.6. The van der Waals surface area contributed by atoms with Crippen LogP contribution in [0.1, 0.15) is 44.8 Å². The van der Waals surface area contributed by atoms with Crippen molar-refractivity contribution >= 4 is 11.9 Å². The largest absolute Gasteiger partial charge is 0.479 e. The molecule has 0 fully saturated rings. The van der Waals surface area contributed by atoms with Crippen LogP contribution in [0.2, 0.25) is 0 Å². The first kappa shape index (κ1) is 18.1. The second kappa shape index (κ2) is 8.47. The number of nitrogens with one attached hydrogen (secondary N) is 1. The highest BCUT2D eigenvalue weighted by Gasteiger charge is 2.34. The average Bonchev–Trinajstić information content (AvgIpc) is 2.87. The summed E-state index contributed by atoms with van der Waals surface area (Å²) in [5.74, 6) is -0.325. The number of aryl methyl sites for hydroxylation is 2. The van der Waals surface area contributed by atoms with Crippen LogP contribution in [0.25, 0.3) is 0 Å². The van der Waals surface area contributed by atoms with Gasteiger partial charge in [-0.25, -0.2) is 4.79 Å². The van der Waals surface area contributed by atoms with E-state index in [9.17, 15) is 9.59 Å². The van der Waals surface area contributed by atoms with Gasteiger partial charge in [0.1, 0.15) is 0 Å². The molecule has 1 aromatic heterocycles. The molecule has 0 aliphatic heterocycles. The number of hydrogen-bond acceptors (Lipinski definition) is 6. The molecular formula is C14H23N3O5. The summed E-state index contributed by atoms with van der Waals surface area (Å²) in [6.45, 7) is 3.34. The van der Waals surface area contributed by atoms with Gasteiger partial charge >= 0.3 is 5.97 Å². The highest BCUT2D eigenvalue weighted by Crippen LogP contribution is 2.08. The van der Waals surface area contributed by atoms with Gasteiger partial charge in [0.2, 0.25) is 11.8 Å². The van der Waals surface area contributed by atoms with Crippen LogP contribution >= 0.6 is 0 Å². The van der Waals surface area contributed by atoms with Crippen molar-refractivity contribution in [1.82, 2.24) is 15.5 Å². The van der Waals surface area contributed by atoms with Crippen LogP contribution in [0.15, 0.2) is 4.52 Å². The number of carbonyl (C=O) groups excluding carboxylic acids is 1. The molecule has 0 bridgehead atoms. The number of aromatic nitrogens is 2. The number of amides is 1. The molecule has 8 heteroatoms. The first-order valence-corrected chi connectivity index (χ1v) is 7.26. The fourth-order valence-electron chi connectivity index (χ4n) is 1.93. The van der Waals surface area contributed by atoms with Gasteiger partial charge in [0, 0.05) is 26.4 Å². The van der Waals surface area contributed by atoms with Crippen LogP contribution < -0.4 is 5.32 Å². The number of ether oxygens (including phenoxy) is 1. The van der Waals surface area contributed by atoms with E-state index in [-0.39, 0.29) is 18.9 Å². The standard InChI is InChI=1S/C14H23N3O5/c1-4-6-10-15-12(22-17-10)8-5-7-11(18)16-14(2,9-21-3)13(19)20/h4-9H2,1-3H3,(H,16,18)(H,19,20). The van der Waals surface area contributed by atoms with E-state index in [4.69, 9.17) is 14.4 Å². The Morgan fingerprint density at radius 3 is 2.73 bits per heavy atom. The van der Waals surface area contributed by atoms with Crippen molar-refractivity contribution in [2.45, 2.75) is 51.5 Å². The second-order valence-electron chi connectivity index (χ2n) is 5.33. The minimum Gasteiger partial charge on any atom is -0.479 e. The molecule has 1 atom stereocenters. The highest BCUT2D eigenvalue weighted by molar-refractivity contribution is 5.86. The van der Waals surface area contributed by atoms with Gasteiger partial charge in [-0.2, -0.15) is 4.98 Å². The van der Waals surface area contributed by atoms with Gasteiger partial charge in [-0.3, -0.25) is 4.79 Å². The maximum Gasteiger partial charge on any atom is 0.331 e. The Bertz CT molecular complexity index is 502. The number of carboxylic acid groups (broad SMARTS) is 1. The van der Waals surface area contributed by atoms with Crippen LogP contribution in [0.3, 0.4) is 0 Å². The predicted octanol–water partition coefficient (Wildman–Crippen LogP) is 0.951. The van der Waals surface area contributed by atoms with Crippen LogP contribution in [-0.4, -0.2) is 46.4 Å². The smallest absolute Gasteiger partial charge is 0.331 e. The molecule has 1 rings (SSSR count). The minimum absolute atomic E-state index is 0.0991. The quantitative estimate of drug-likeness (QED) is 0.661. The van der Waals surface area contributed by atoms with E-state index in [1.807, 2.05) is 6.92 Å². The van der Waals surface area contributed by atoms with Gasteiger partial charge in [0.25, 0.3) is 0 Å². The summed E-state index contributed by atoms with van der Waals surface area (Å²) in [5, 5.41) is 15.4. The van der Waals surface area contributed by atoms with Crippen molar-refractivity contribution < 1.29 is 24.0 Å². The molecule has 1 heterocycles. The van der Waals surface area contributed by atoms with Crippen molar-refractivity contribution in [2.75, 3.05) is 13.7 Å². The topological polar surface area (TPSA) is 115 Å². The lowest BCUT2D eigenvalue weighted by Gasteiger charge is -2.25. The van der Waals surface area contributed by atoms with Gasteiger partial charge < -0.3 is 19.7 Å². The van der Waals surface area contributed by atoms with E-state index in [1.54, 1.807) is 0 Å². The molecule has 1 aromatic rings. The molecule has 1 unspecified atom stereocenters. The van der Waals surface area contributed by atoms with Gasteiger partial charge in [0.15, 0.2) is 11.4 Å². The molecule has 1 amide bonds. The summed E-state index contributed by atoms with van der Waals surface area (Å²) < 4.78 is 9.91. The van der Waals surface area contributed by atoms with Crippen molar-refractivity contribution in [3.05, 3.63) is 11.7 Å². The summed E-state index contributed by atoms with van der Waals surface area (Å²) in [4.78, 5) is 27.2. The van der Waals surface area contributed by atoms with E-state index in [2.05, 4.69) is 15.5 Å². The van der Waals surface area contributed by atoms with E-state index in [0.717, 1.165) is 12.8 Å². The molecule has 0 radical (unpaired) electrons. The molecule has 2 N–H and O–H groups in total. The predicted molar refractivity (Wildman–Crippen MR) is 77.3 cm³/mol. The first-order valence-electron chi connectivity index (χ1n) is 7.26. The molecule has 0 aliphatic carbocycles. The zero-order valence-corrected chi connectivity index (χ0v) is 13.2. The Morgan fingerprint density at radius 1 is 1.41 bits per heavy atom. The second-order valence-corrected chi connectivity index (χ2v) is 5.33. The van der Waals surface area contributed by atoms with Crippen LogP contribution in [0.5, 0.6) is 0 Å². The molecule has 124 valence electrons. The molecule has 0 aromatic carbocycles. The number of aliphatic carboxylic acids is 1. The summed E-state index contributed by atoms with van der Waals surface area (Å²) >= 11 is 0.